The van der Waals surface area contributed by atoms with Crippen LogP contribution >= 0.6 is 0 Å². The van der Waals surface area contributed by atoms with Gasteiger partial charge in [-0.15, -0.1) is 0 Å². The second-order valence-electron chi connectivity index (χ2n) is 11.4. The molecule has 2 fully saturated rings. The van der Waals surface area contributed by atoms with Crippen molar-refractivity contribution in [3.8, 4) is 11.5 Å². The third-order valence-electron chi connectivity index (χ3n) is 7.79. The molecule has 52 heavy (non-hydrogen) atoms. The van der Waals surface area contributed by atoms with E-state index in [1.807, 2.05) is 6.92 Å². The van der Waals surface area contributed by atoms with Gasteiger partial charge in [-0.1, -0.05) is 12.1 Å². The number of halogens is 2. The molecule has 0 saturated carbocycles. The first-order valence-electron chi connectivity index (χ1n) is 16.4. The number of aromatic hydroxyl groups is 1. The largest absolute Gasteiger partial charge is 0.504 e. The summed E-state index contributed by atoms with van der Waals surface area (Å²) in [6.45, 7) is 5.00. The first kappa shape index (κ1) is 35.8. The van der Waals surface area contributed by atoms with E-state index in [0.717, 1.165) is 12.4 Å². The van der Waals surface area contributed by atoms with Crippen molar-refractivity contribution >= 4 is 41.9 Å². The molecule has 0 amide bonds. The number of hydrazone groups is 2. The van der Waals surface area contributed by atoms with Gasteiger partial charge in [0.25, 0.3) is 0 Å². The van der Waals surface area contributed by atoms with E-state index in [1.54, 1.807) is 46.2 Å². The number of hydrogen-bond donors (Lipinski definition) is 3. The van der Waals surface area contributed by atoms with Gasteiger partial charge in [0.15, 0.2) is 34.8 Å². The summed E-state index contributed by atoms with van der Waals surface area (Å²) < 4.78 is 51.1. The van der Waals surface area contributed by atoms with Crippen molar-refractivity contribution in [2.24, 2.45) is 10.2 Å². The smallest absolute Gasteiger partial charge is 0.338 e. The summed E-state index contributed by atoms with van der Waals surface area (Å²) in [5.41, 5.74) is 7.03. The number of rotatable bonds is 13. The number of phenols is 1. The van der Waals surface area contributed by atoms with E-state index in [-0.39, 0.29) is 49.0 Å². The van der Waals surface area contributed by atoms with Gasteiger partial charge in [0.2, 0.25) is 11.9 Å². The number of morpholine rings is 2. The molecule has 1 unspecified atom stereocenters. The minimum Gasteiger partial charge on any atom is -0.504 e. The molecule has 272 valence electrons. The maximum Gasteiger partial charge on any atom is 0.338 e. The number of hydrogen-bond acceptors (Lipinski definition) is 16. The van der Waals surface area contributed by atoms with E-state index in [0.29, 0.717) is 61.9 Å². The number of aromatic nitrogens is 4. The molecule has 2 aromatic heterocycles. The topological polar surface area (TPSA) is 181 Å². The molecule has 2 aromatic carbocycles. The van der Waals surface area contributed by atoms with Crippen LogP contribution in [0.25, 0.3) is 0 Å². The Morgan fingerprint density at radius 2 is 1.54 bits per heavy atom. The lowest BCUT2D eigenvalue weighted by Crippen LogP contribution is -2.45. The van der Waals surface area contributed by atoms with Crippen LogP contribution in [-0.4, -0.2) is 109 Å². The molecular formula is C34H36F2N10O6. The maximum absolute atomic E-state index is 14.8. The Hall–Kier alpha value is -6.01. The summed E-state index contributed by atoms with van der Waals surface area (Å²) in [5.74, 6) is -0.947. The summed E-state index contributed by atoms with van der Waals surface area (Å²) in [7, 11) is 0. The van der Waals surface area contributed by atoms with E-state index in [2.05, 4.69) is 41.0 Å². The molecular weight excluding hydrogens is 682 g/mol. The van der Waals surface area contributed by atoms with Gasteiger partial charge >= 0.3 is 5.97 Å². The minimum absolute atomic E-state index is 0.0156. The molecule has 2 saturated heterocycles. The van der Waals surface area contributed by atoms with Gasteiger partial charge < -0.3 is 33.9 Å². The highest BCUT2D eigenvalue weighted by atomic mass is 19.1. The van der Waals surface area contributed by atoms with Crippen LogP contribution in [-0.2, 0) is 14.2 Å². The van der Waals surface area contributed by atoms with Gasteiger partial charge in [-0.05, 0) is 48.4 Å². The van der Waals surface area contributed by atoms with Crippen molar-refractivity contribution in [2.75, 3.05) is 79.9 Å². The fourth-order valence-corrected chi connectivity index (χ4v) is 5.22. The summed E-state index contributed by atoms with van der Waals surface area (Å²) in [6, 6.07) is 11.3. The average Bonchev–Trinajstić information content (AvgIpc) is 3.17. The number of phenolic OH excluding ortho intramolecular Hbond substituents is 1. The zero-order valence-electron chi connectivity index (χ0n) is 28.1. The molecule has 16 nitrogen and oxygen atoms in total. The van der Waals surface area contributed by atoms with Gasteiger partial charge in [0.05, 0.1) is 56.8 Å². The highest BCUT2D eigenvalue weighted by Crippen LogP contribution is 2.26. The summed E-state index contributed by atoms with van der Waals surface area (Å²) >= 11 is 0. The molecule has 1 atom stereocenters. The number of carbonyl (C=O) groups is 1. The zero-order valence-corrected chi connectivity index (χ0v) is 28.1. The van der Waals surface area contributed by atoms with Crippen molar-refractivity contribution in [1.82, 2.24) is 19.9 Å². The highest BCUT2D eigenvalue weighted by Gasteiger charge is 2.26. The van der Waals surface area contributed by atoms with Crippen LogP contribution in [0.2, 0.25) is 0 Å². The number of esters is 1. The Labute approximate surface area is 297 Å². The van der Waals surface area contributed by atoms with Crippen molar-refractivity contribution in [3.63, 3.8) is 0 Å². The van der Waals surface area contributed by atoms with Gasteiger partial charge in [-0.25, -0.2) is 34.4 Å². The van der Waals surface area contributed by atoms with Gasteiger partial charge in [0.1, 0.15) is 12.7 Å². The van der Waals surface area contributed by atoms with Gasteiger partial charge in [-0.2, -0.15) is 20.2 Å². The predicted octanol–water partition coefficient (Wildman–Crippen LogP) is 3.44. The number of carbonyl (C=O) groups excluding carboxylic acids is 1. The molecule has 6 rings (SSSR count). The Morgan fingerprint density at radius 1 is 0.923 bits per heavy atom. The third kappa shape index (κ3) is 9.40. The molecule has 18 heteroatoms. The summed E-state index contributed by atoms with van der Waals surface area (Å²) in [5, 5.41) is 18.1. The quantitative estimate of drug-likeness (QED) is 0.104. The summed E-state index contributed by atoms with van der Waals surface area (Å²) in [4.78, 5) is 32.7. The number of anilines is 4. The van der Waals surface area contributed by atoms with Crippen LogP contribution in [0.4, 0.5) is 32.3 Å². The average molecular weight is 719 g/mol. The van der Waals surface area contributed by atoms with Crippen molar-refractivity contribution in [2.45, 2.75) is 13.0 Å². The monoisotopic (exact) mass is 718 g/mol. The van der Waals surface area contributed by atoms with Crippen LogP contribution < -0.4 is 25.4 Å². The van der Waals surface area contributed by atoms with E-state index in [1.165, 1.54) is 18.5 Å². The normalized spacial score (nSPS) is 16.3. The fraction of sp³-hybridized carbons (Fsp3) is 0.324. The van der Waals surface area contributed by atoms with Crippen molar-refractivity contribution in [3.05, 3.63) is 83.2 Å². The van der Waals surface area contributed by atoms with Crippen LogP contribution in [0.15, 0.2) is 65.1 Å². The number of ether oxygens (including phenoxy) is 4. The second-order valence-corrected chi connectivity index (χ2v) is 11.4. The lowest BCUT2D eigenvalue weighted by molar-refractivity contribution is -0.0147. The van der Waals surface area contributed by atoms with Gasteiger partial charge in [-0.3, -0.25) is 0 Å². The molecule has 0 bridgehead atoms. The SMILES string of the molecule is CCOc1cc(/C=N\Nc2ncc(F)c(N3CCOC(COC(=O)c4ccc(/C=N\Nc5ncc(F)c(N6CCOCC6)n5)cc4)C3)n2)ccc1O. The molecule has 0 spiro atoms. The van der Waals surface area contributed by atoms with E-state index < -0.39 is 23.7 Å². The second kappa shape index (κ2) is 17.3. The Morgan fingerprint density at radius 3 is 2.21 bits per heavy atom. The Bertz CT molecular complexity index is 1900. The van der Waals surface area contributed by atoms with E-state index >= 15 is 0 Å². The lowest BCUT2D eigenvalue weighted by Gasteiger charge is -2.33. The minimum atomic E-state index is -0.631. The molecule has 0 aliphatic carbocycles. The standard InChI is InChI=1S/C34H36F2N10O6/c1-2-50-29-15-23(5-8-28(29)47)17-40-44-34-38-19-27(36)31(42-34)46-11-14-51-25(20-46)21-52-32(48)24-6-3-22(4-7-24)16-39-43-33-37-18-26(35)30(41-33)45-9-12-49-13-10-45/h3-8,15-19,25,47H,2,9-14,20-21H2,1H3,(H,37,41,43)(H,38,42,44)/b39-16-,40-17-. The number of benzene rings is 2. The molecule has 2 aliphatic rings. The third-order valence-corrected chi connectivity index (χ3v) is 7.79. The first-order chi connectivity index (χ1) is 25.4. The Kier molecular flexibility index (Phi) is 11.9. The van der Waals surface area contributed by atoms with Crippen molar-refractivity contribution < 1.29 is 37.6 Å². The van der Waals surface area contributed by atoms with E-state index in [4.69, 9.17) is 18.9 Å². The van der Waals surface area contributed by atoms with Crippen LogP contribution in [0.3, 0.4) is 0 Å². The number of nitrogens with one attached hydrogen (secondary N) is 2. The van der Waals surface area contributed by atoms with Gasteiger partial charge in [0, 0.05) is 26.2 Å². The van der Waals surface area contributed by atoms with Crippen molar-refractivity contribution in [1.29, 1.82) is 0 Å². The molecule has 0 radical (unpaired) electrons. The fourth-order valence-electron chi connectivity index (χ4n) is 5.22. The van der Waals surface area contributed by atoms with Crippen LogP contribution in [0.5, 0.6) is 11.5 Å². The van der Waals surface area contributed by atoms with E-state index in [9.17, 15) is 18.7 Å². The molecule has 4 aromatic rings. The first-order valence-corrected chi connectivity index (χ1v) is 16.4. The lowest BCUT2D eigenvalue weighted by atomic mass is 10.1. The van der Waals surface area contributed by atoms with Crippen LogP contribution in [0.1, 0.15) is 28.4 Å². The Balaban J connectivity index is 0.983. The van der Waals surface area contributed by atoms with Crippen LogP contribution in [0, 0.1) is 11.6 Å². The molecule has 2 aliphatic heterocycles. The molecule has 4 heterocycles. The maximum atomic E-state index is 14.8. The predicted molar refractivity (Wildman–Crippen MR) is 187 cm³/mol. The summed E-state index contributed by atoms with van der Waals surface area (Å²) in [6.07, 6.45) is 4.59. The highest BCUT2D eigenvalue weighted by molar-refractivity contribution is 5.90. The zero-order chi connectivity index (χ0) is 36.3. The molecule has 3 N–H and O–H groups in total. The number of nitrogens with zero attached hydrogens (tertiary/aromatic N) is 8.